The lowest BCUT2D eigenvalue weighted by atomic mass is 10.00. The fourth-order valence-electron chi connectivity index (χ4n) is 6.19. The van der Waals surface area contributed by atoms with Crippen LogP contribution in [0, 0.1) is 0 Å². The fourth-order valence-corrected chi connectivity index (χ4v) is 7.40. The van der Waals surface area contributed by atoms with Crippen molar-refractivity contribution in [3.63, 3.8) is 0 Å². The van der Waals surface area contributed by atoms with Crippen LogP contribution >= 0.6 is 11.3 Å². The molecule has 1 unspecified atom stereocenters. The number of para-hydroxylation sites is 1. The first-order chi connectivity index (χ1) is 21.8. The van der Waals surface area contributed by atoms with Crippen molar-refractivity contribution in [3.8, 4) is 11.1 Å². The number of fused-ring (bicyclic) bond motifs is 6. The molecule has 9 rings (SSSR count). The maximum absolute atomic E-state index is 6.10. The molecule has 6 aromatic carbocycles. The maximum Gasteiger partial charge on any atom is 0.159 e. The monoisotopic (exact) mass is 583 g/mol. The van der Waals surface area contributed by atoms with E-state index in [2.05, 4.69) is 96.3 Å². The molecule has 0 aliphatic carbocycles. The molecule has 44 heavy (non-hydrogen) atoms. The minimum Gasteiger partial charge on any atom is -0.456 e. The highest BCUT2D eigenvalue weighted by atomic mass is 32.1. The largest absolute Gasteiger partial charge is 0.456 e. The molecule has 8 aromatic rings. The van der Waals surface area contributed by atoms with Gasteiger partial charge in [-0.1, -0.05) is 103 Å². The Morgan fingerprint density at radius 3 is 2.18 bits per heavy atom. The summed E-state index contributed by atoms with van der Waals surface area (Å²) < 4.78 is 8.62. The number of aliphatic imine (C=N–C) groups is 2. The van der Waals surface area contributed by atoms with Gasteiger partial charge in [0.05, 0.1) is 0 Å². The molecule has 2 aromatic heterocycles. The zero-order valence-electron chi connectivity index (χ0n) is 23.6. The quantitative estimate of drug-likeness (QED) is 0.224. The Labute approximate surface area is 257 Å². The summed E-state index contributed by atoms with van der Waals surface area (Å²) in [4.78, 5) is 10.0. The molecule has 3 heterocycles. The smallest absolute Gasteiger partial charge is 0.159 e. The van der Waals surface area contributed by atoms with Crippen LogP contribution in [0.25, 0.3) is 53.2 Å². The molecule has 0 amide bonds. The van der Waals surface area contributed by atoms with E-state index < -0.39 is 0 Å². The average Bonchev–Trinajstić information content (AvgIpc) is 3.66. The Morgan fingerprint density at radius 2 is 1.30 bits per heavy atom. The fraction of sp³-hybridized carbons (Fsp3) is 0.0256. The third-order valence-electron chi connectivity index (χ3n) is 8.35. The Hall–Kier alpha value is -5.52. The van der Waals surface area contributed by atoms with Crippen molar-refractivity contribution in [1.82, 2.24) is 5.32 Å². The summed E-state index contributed by atoms with van der Waals surface area (Å²) in [6.45, 7) is 0. The van der Waals surface area contributed by atoms with Gasteiger partial charge >= 0.3 is 0 Å². The van der Waals surface area contributed by atoms with E-state index in [1.54, 1.807) is 0 Å². The van der Waals surface area contributed by atoms with Gasteiger partial charge < -0.3 is 9.73 Å². The van der Waals surface area contributed by atoms with Crippen LogP contribution in [0.5, 0.6) is 0 Å². The number of amidine groups is 2. The third kappa shape index (κ3) is 4.13. The summed E-state index contributed by atoms with van der Waals surface area (Å²) in [5.74, 6) is 1.55. The molecule has 5 heteroatoms. The van der Waals surface area contributed by atoms with Gasteiger partial charge in [0.1, 0.15) is 23.2 Å². The van der Waals surface area contributed by atoms with Crippen molar-refractivity contribution in [3.05, 3.63) is 156 Å². The van der Waals surface area contributed by atoms with Crippen molar-refractivity contribution in [2.75, 3.05) is 0 Å². The van der Waals surface area contributed by atoms with E-state index >= 15 is 0 Å². The first-order valence-electron chi connectivity index (χ1n) is 14.7. The van der Waals surface area contributed by atoms with Crippen molar-refractivity contribution >= 4 is 65.1 Å². The third-order valence-corrected chi connectivity index (χ3v) is 9.57. The summed E-state index contributed by atoms with van der Waals surface area (Å²) >= 11 is 1.84. The van der Waals surface area contributed by atoms with Crippen LogP contribution in [0.3, 0.4) is 0 Å². The lowest BCUT2D eigenvalue weighted by Gasteiger charge is -2.23. The zero-order valence-corrected chi connectivity index (χ0v) is 24.4. The Kier molecular flexibility index (Phi) is 5.71. The molecule has 208 valence electrons. The van der Waals surface area contributed by atoms with Gasteiger partial charge in [0.25, 0.3) is 0 Å². The summed E-state index contributed by atoms with van der Waals surface area (Å²) in [5, 5.41) is 8.37. The van der Waals surface area contributed by atoms with E-state index in [-0.39, 0.29) is 6.17 Å². The van der Waals surface area contributed by atoms with E-state index in [4.69, 9.17) is 14.4 Å². The number of thiophene rings is 1. The second-order valence-corrected chi connectivity index (χ2v) is 12.1. The number of hydrogen-bond acceptors (Lipinski definition) is 5. The molecule has 1 aliphatic heterocycles. The topological polar surface area (TPSA) is 49.9 Å². The van der Waals surface area contributed by atoms with Crippen LogP contribution in [0.15, 0.2) is 154 Å². The molecule has 0 bridgehead atoms. The predicted octanol–water partition coefficient (Wildman–Crippen LogP) is 10.1. The second kappa shape index (κ2) is 10.0. The van der Waals surface area contributed by atoms with Crippen molar-refractivity contribution < 1.29 is 4.42 Å². The highest BCUT2D eigenvalue weighted by molar-refractivity contribution is 7.26. The summed E-state index contributed by atoms with van der Waals surface area (Å²) in [6.07, 6.45) is -0.227. The Bertz CT molecular complexity index is 2420. The molecular weight excluding hydrogens is 559 g/mol. The minimum atomic E-state index is -0.227. The molecule has 1 atom stereocenters. The maximum atomic E-state index is 6.10. The van der Waals surface area contributed by atoms with Crippen molar-refractivity contribution in [2.24, 2.45) is 9.98 Å². The lowest BCUT2D eigenvalue weighted by molar-refractivity contribution is 0.669. The molecule has 1 aliphatic rings. The molecule has 1 N–H and O–H groups in total. The van der Waals surface area contributed by atoms with Gasteiger partial charge in [0, 0.05) is 42.1 Å². The summed E-state index contributed by atoms with van der Waals surface area (Å²) in [6, 6.07) is 48.6. The van der Waals surface area contributed by atoms with Crippen LogP contribution in [0.4, 0.5) is 0 Å². The summed E-state index contributed by atoms with van der Waals surface area (Å²) in [7, 11) is 0. The van der Waals surface area contributed by atoms with Gasteiger partial charge in [-0.25, -0.2) is 9.98 Å². The Balaban J connectivity index is 1.16. The lowest BCUT2D eigenvalue weighted by Crippen LogP contribution is -2.33. The van der Waals surface area contributed by atoms with Gasteiger partial charge in [0.2, 0.25) is 0 Å². The first-order valence-corrected chi connectivity index (χ1v) is 15.5. The molecule has 4 nitrogen and oxygen atoms in total. The molecule has 0 saturated heterocycles. The van der Waals surface area contributed by atoms with Gasteiger partial charge in [0.15, 0.2) is 5.84 Å². The van der Waals surface area contributed by atoms with Crippen LogP contribution < -0.4 is 5.32 Å². The molecule has 0 spiro atoms. The first kappa shape index (κ1) is 25.0. The van der Waals surface area contributed by atoms with E-state index in [9.17, 15) is 0 Å². The SMILES string of the molecule is c1ccc(C2=NC(c3ccccc3)NC(c3ccc4sc5c(-c6ccc7oc8ccccc8c7c6)cccc5c4c3)=N2)cc1. The standard InChI is InChI=1S/C39H25N3OS/c1-3-10-24(11-4-1)37-40-38(25-12-5-2-6-13-25)42-39(41-37)27-19-21-35-32(23-27)30-16-9-15-28(36(30)44-35)26-18-20-34-31(22-26)29-14-7-8-17-33(29)43-34/h1-23,37H,(H,40,41,42). The van der Waals surface area contributed by atoms with Gasteiger partial charge in [-0.3, -0.25) is 0 Å². The molecular formula is C39H25N3OS. The molecule has 0 radical (unpaired) electrons. The Morgan fingerprint density at radius 1 is 0.568 bits per heavy atom. The highest BCUT2D eigenvalue weighted by Gasteiger charge is 2.22. The molecule has 0 saturated carbocycles. The van der Waals surface area contributed by atoms with Gasteiger partial charge in [-0.15, -0.1) is 11.3 Å². The van der Waals surface area contributed by atoms with Crippen LogP contribution in [0.1, 0.15) is 22.9 Å². The number of furan rings is 1. The summed E-state index contributed by atoms with van der Waals surface area (Å²) in [5.41, 5.74) is 7.39. The van der Waals surface area contributed by atoms with Crippen molar-refractivity contribution in [1.29, 1.82) is 0 Å². The number of rotatable bonds is 4. The average molecular weight is 584 g/mol. The van der Waals surface area contributed by atoms with Gasteiger partial charge in [-0.05, 0) is 53.1 Å². The second-order valence-electron chi connectivity index (χ2n) is 11.0. The normalized spacial score (nSPS) is 15.0. The van der Waals surface area contributed by atoms with Crippen LogP contribution in [-0.2, 0) is 0 Å². The van der Waals surface area contributed by atoms with Crippen LogP contribution in [-0.4, -0.2) is 11.7 Å². The van der Waals surface area contributed by atoms with E-state index in [0.717, 1.165) is 50.3 Å². The van der Waals surface area contributed by atoms with Crippen LogP contribution in [0.2, 0.25) is 0 Å². The van der Waals surface area contributed by atoms with E-state index in [1.807, 2.05) is 59.9 Å². The number of benzene rings is 6. The zero-order chi connectivity index (χ0) is 29.0. The number of nitrogens with zero attached hydrogens (tertiary/aromatic N) is 2. The van der Waals surface area contributed by atoms with E-state index in [0.29, 0.717) is 0 Å². The number of nitrogens with one attached hydrogen (secondary N) is 1. The predicted molar refractivity (Wildman–Crippen MR) is 184 cm³/mol. The van der Waals surface area contributed by atoms with E-state index in [1.165, 1.54) is 31.3 Å². The minimum absolute atomic E-state index is 0.227. The van der Waals surface area contributed by atoms with Gasteiger partial charge in [-0.2, -0.15) is 0 Å². The van der Waals surface area contributed by atoms with Crippen molar-refractivity contribution in [2.45, 2.75) is 6.17 Å². The molecule has 0 fully saturated rings. The highest BCUT2D eigenvalue weighted by Crippen LogP contribution is 2.42. The number of hydrogen-bond donors (Lipinski definition) is 1.